The molecule has 0 aliphatic carbocycles. The number of hydrogen-bond acceptors (Lipinski definition) is 4. The Balaban J connectivity index is 1.72. The molecule has 0 fully saturated rings. The van der Waals surface area contributed by atoms with E-state index in [-0.39, 0.29) is 5.56 Å². The van der Waals surface area contributed by atoms with E-state index in [2.05, 4.69) is 15.1 Å². The van der Waals surface area contributed by atoms with Crippen molar-refractivity contribution in [2.24, 2.45) is 7.05 Å². The summed E-state index contributed by atoms with van der Waals surface area (Å²) in [6.07, 6.45) is 5.30. The first-order valence-corrected chi connectivity index (χ1v) is 8.16. The van der Waals surface area contributed by atoms with Crippen molar-refractivity contribution in [2.45, 2.75) is 0 Å². The number of nitrogens with zero attached hydrogens (tertiary/aromatic N) is 6. The molecular weight excluding hydrogens is 328 g/mol. The molecule has 7 heteroatoms. The molecule has 0 amide bonds. The normalized spacial score (nSPS) is 11.4. The van der Waals surface area contributed by atoms with E-state index in [4.69, 9.17) is 0 Å². The molecule has 4 heterocycles. The van der Waals surface area contributed by atoms with Crippen LogP contribution in [0.1, 0.15) is 0 Å². The molecule has 0 spiro atoms. The monoisotopic (exact) mass is 342 g/mol. The number of benzene rings is 1. The molecule has 0 radical (unpaired) electrons. The predicted molar refractivity (Wildman–Crippen MR) is 98.3 cm³/mol. The standard InChI is InChI=1S/C19H14N6O/c1-23-19(26)15-7-3-9-20-18(15)25(23)14-6-2-5-13(11-14)16-12-24-17(22-16)8-4-10-21-24/h2-12H,1H3. The van der Waals surface area contributed by atoms with Crippen molar-refractivity contribution in [2.75, 3.05) is 0 Å². The van der Waals surface area contributed by atoms with Crippen molar-refractivity contribution < 1.29 is 0 Å². The van der Waals surface area contributed by atoms with Gasteiger partial charge < -0.3 is 0 Å². The molecule has 0 saturated heterocycles. The van der Waals surface area contributed by atoms with Crippen LogP contribution in [0.25, 0.3) is 33.6 Å². The first kappa shape index (κ1) is 14.6. The third-order valence-electron chi connectivity index (χ3n) is 4.43. The second-order valence-corrected chi connectivity index (χ2v) is 6.02. The molecule has 0 aliphatic rings. The number of rotatable bonds is 2. The zero-order valence-corrected chi connectivity index (χ0v) is 13.9. The zero-order chi connectivity index (χ0) is 17.7. The van der Waals surface area contributed by atoms with Gasteiger partial charge in [0.25, 0.3) is 5.56 Å². The molecule has 4 aromatic heterocycles. The molecule has 26 heavy (non-hydrogen) atoms. The van der Waals surface area contributed by atoms with E-state index in [1.165, 1.54) is 0 Å². The van der Waals surface area contributed by atoms with Gasteiger partial charge in [0.15, 0.2) is 11.3 Å². The van der Waals surface area contributed by atoms with Gasteiger partial charge in [-0.25, -0.2) is 23.8 Å². The van der Waals surface area contributed by atoms with Crippen LogP contribution in [-0.4, -0.2) is 28.9 Å². The summed E-state index contributed by atoms with van der Waals surface area (Å²) in [5, 5.41) is 4.85. The molecule has 1 aromatic carbocycles. The lowest BCUT2D eigenvalue weighted by Crippen LogP contribution is -2.18. The fraction of sp³-hybridized carbons (Fsp3) is 0.0526. The minimum absolute atomic E-state index is 0.0737. The number of hydrogen-bond donors (Lipinski definition) is 0. The summed E-state index contributed by atoms with van der Waals surface area (Å²) in [4.78, 5) is 21.5. The number of fused-ring (bicyclic) bond motifs is 2. The Kier molecular flexibility index (Phi) is 3.02. The van der Waals surface area contributed by atoms with Crippen molar-refractivity contribution in [3.63, 3.8) is 0 Å². The number of aromatic nitrogens is 6. The summed E-state index contributed by atoms with van der Waals surface area (Å²) in [5.41, 5.74) is 3.96. The minimum Gasteiger partial charge on any atom is -0.267 e. The van der Waals surface area contributed by atoms with Crippen LogP contribution in [0.2, 0.25) is 0 Å². The van der Waals surface area contributed by atoms with Gasteiger partial charge in [0.05, 0.1) is 23.0 Å². The lowest BCUT2D eigenvalue weighted by atomic mass is 10.1. The lowest BCUT2D eigenvalue weighted by molar-refractivity contribution is 0.652. The summed E-state index contributed by atoms with van der Waals surface area (Å²) in [6.45, 7) is 0. The van der Waals surface area contributed by atoms with E-state index in [1.807, 2.05) is 47.3 Å². The van der Waals surface area contributed by atoms with Crippen LogP contribution >= 0.6 is 0 Å². The highest BCUT2D eigenvalue weighted by molar-refractivity contribution is 5.76. The Morgan fingerprint density at radius 3 is 2.77 bits per heavy atom. The molecule has 0 N–H and O–H groups in total. The van der Waals surface area contributed by atoms with Gasteiger partial charge >= 0.3 is 0 Å². The Bertz CT molecular complexity index is 1290. The van der Waals surface area contributed by atoms with Gasteiger partial charge in [-0.2, -0.15) is 5.10 Å². The van der Waals surface area contributed by atoms with Gasteiger partial charge in [-0.1, -0.05) is 12.1 Å². The summed E-state index contributed by atoms with van der Waals surface area (Å²) >= 11 is 0. The second-order valence-electron chi connectivity index (χ2n) is 6.02. The zero-order valence-electron chi connectivity index (χ0n) is 13.9. The highest BCUT2D eigenvalue weighted by atomic mass is 16.1. The van der Waals surface area contributed by atoms with Gasteiger partial charge in [0.2, 0.25) is 0 Å². The van der Waals surface area contributed by atoms with Gasteiger partial charge in [0.1, 0.15) is 0 Å². The molecule has 126 valence electrons. The Morgan fingerprint density at radius 1 is 1.00 bits per heavy atom. The van der Waals surface area contributed by atoms with Crippen LogP contribution in [-0.2, 0) is 7.05 Å². The van der Waals surface area contributed by atoms with Crippen LogP contribution in [0.3, 0.4) is 0 Å². The van der Waals surface area contributed by atoms with E-state index < -0.39 is 0 Å². The SMILES string of the molecule is Cn1c(=O)c2cccnc2n1-c1cccc(-c2cn3ncccc3n2)c1. The topological polar surface area (TPSA) is 70.0 Å². The van der Waals surface area contributed by atoms with E-state index >= 15 is 0 Å². The second kappa shape index (κ2) is 5.38. The first-order valence-electron chi connectivity index (χ1n) is 8.16. The number of imidazole rings is 1. The fourth-order valence-corrected chi connectivity index (χ4v) is 3.20. The van der Waals surface area contributed by atoms with E-state index in [0.717, 1.165) is 22.6 Å². The van der Waals surface area contributed by atoms with E-state index in [1.54, 1.807) is 40.8 Å². The van der Waals surface area contributed by atoms with Gasteiger partial charge in [0, 0.05) is 25.0 Å². The molecule has 5 aromatic rings. The highest BCUT2D eigenvalue weighted by Crippen LogP contribution is 2.23. The summed E-state index contributed by atoms with van der Waals surface area (Å²) in [7, 11) is 1.74. The summed E-state index contributed by atoms with van der Waals surface area (Å²) in [5.74, 6) is 0. The Morgan fingerprint density at radius 2 is 1.88 bits per heavy atom. The first-order chi connectivity index (χ1) is 12.7. The maximum Gasteiger partial charge on any atom is 0.276 e. The third-order valence-corrected chi connectivity index (χ3v) is 4.43. The number of pyridine rings is 1. The van der Waals surface area contributed by atoms with Crippen LogP contribution in [0, 0.1) is 0 Å². The average molecular weight is 342 g/mol. The maximum absolute atomic E-state index is 12.5. The van der Waals surface area contributed by atoms with Gasteiger partial charge in [-0.15, -0.1) is 0 Å². The molecule has 0 saturated carbocycles. The Hall–Kier alpha value is -3.74. The minimum atomic E-state index is -0.0737. The van der Waals surface area contributed by atoms with Crippen LogP contribution in [0.5, 0.6) is 0 Å². The quantitative estimate of drug-likeness (QED) is 0.494. The van der Waals surface area contributed by atoms with Crippen LogP contribution in [0.15, 0.2) is 71.9 Å². The largest absolute Gasteiger partial charge is 0.276 e. The van der Waals surface area contributed by atoms with Gasteiger partial charge in [-0.05, 0) is 36.4 Å². The molecule has 0 aliphatic heterocycles. The fourth-order valence-electron chi connectivity index (χ4n) is 3.20. The smallest absolute Gasteiger partial charge is 0.267 e. The molecule has 0 bridgehead atoms. The average Bonchev–Trinajstić information content (AvgIpc) is 3.22. The third kappa shape index (κ3) is 2.07. The van der Waals surface area contributed by atoms with E-state index in [0.29, 0.717) is 11.0 Å². The van der Waals surface area contributed by atoms with Gasteiger partial charge in [-0.3, -0.25) is 4.79 Å². The molecule has 0 unspecified atom stereocenters. The lowest BCUT2D eigenvalue weighted by Gasteiger charge is -2.09. The van der Waals surface area contributed by atoms with Crippen LogP contribution in [0.4, 0.5) is 0 Å². The van der Waals surface area contributed by atoms with Crippen molar-refractivity contribution >= 4 is 16.7 Å². The highest BCUT2D eigenvalue weighted by Gasteiger charge is 2.14. The Labute approximate surface area is 147 Å². The summed E-state index contributed by atoms with van der Waals surface area (Å²) < 4.78 is 5.13. The molecule has 7 nitrogen and oxygen atoms in total. The van der Waals surface area contributed by atoms with Crippen molar-refractivity contribution in [1.82, 2.24) is 28.9 Å². The van der Waals surface area contributed by atoms with Crippen molar-refractivity contribution in [3.8, 4) is 16.9 Å². The van der Waals surface area contributed by atoms with Crippen molar-refractivity contribution in [1.29, 1.82) is 0 Å². The molecular formula is C19H14N6O. The van der Waals surface area contributed by atoms with E-state index in [9.17, 15) is 4.79 Å². The molecule has 5 rings (SSSR count). The summed E-state index contributed by atoms with van der Waals surface area (Å²) in [6, 6.07) is 15.2. The maximum atomic E-state index is 12.5. The predicted octanol–water partition coefficient (Wildman–Crippen LogP) is 2.43. The molecule has 0 atom stereocenters. The van der Waals surface area contributed by atoms with Crippen molar-refractivity contribution in [3.05, 3.63) is 77.5 Å². The van der Waals surface area contributed by atoms with Crippen LogP contribution < -0.4 is 5.56 Å².